The van der Waals surface area contributed by atoms with E-state index in [0.29, 0.717) is 11.3 Å². The fraction of sp³-hybridized carbons (Fsp3) is 0.0833. The van der Waals surface area contributed by atoms with E-state index >= 15 is 0 Å². The van der Waals surface area contributed by atoms with Crippen LogP contribution in [-0.2, 0) is 0 Å². The Labute approximate surface area is 106 Å². The van der Waals surface area contributed by atoms with E-state index in [2.05, 4.69) is 15.9 Å². The first kappa shape index (κ1) is 11.4. The van der Waals surface area contributed by atoms with Crippen molar-refractivity contribution < 1.29 is 9.53 Å². The topological polar surface area (TPSA) is 26.3 Å². The Hall–Kier alpha value is -1.06. The third kappa shape index (κ3) is 1.81. The smallest absolute Gasteiger partial charge is 0.256 e. The molecule has 0 amide bonds. The van der Waals surface area contributed by atoms with Gasteiger partial charge in [0.1, 0.15) is 5.75 Å². The highest BCUT2D eigenvalue weighted by Gasteiger charge is 2.16. The molecule has 2 rings (SSSR count). The van der Waals surface area contributed by atoms with Gasteiger partial charge in [-0.1, -0.05) is 24.3 Å². The van der Waals surface area contributed by atoms with Crippen LogP contribution in [0.2, 0.25) is 0 Å². The first-order valence-electron chi connectivity index (χ1n) is 4.60. The van der Waals surface area contributed by atoms with Crippen LogP contribution in [0, 0.1) is 0 Å². The van der Waals surface area contributed by atoms with Crippen molar-refractivity contribution in [2.45, 2.75) is 0 Å². The predicted octanol–water partition coefficient (Wildman–Crippen LogP) is 3.99. The van der Waals surface area contributed by atoms with Crippen molar-refractivity contribution in [3.05, 3.63) is 40.4 Å². The first-order valence-corrected chi connectivity index (χ1v) is 5.77. The van der Waals surface area contributed by atoms with Gasteiger partial charge < -0.3 is 4.74 Å². The Balaban J connectivity index is 2.87. The average Bonchev–Trinajstić information content (AvgIpc) is 2.29. The molecule has 0 unspecified atom stereocenters. The standard InChI is InChI=1S/C12H8BrClO2/c1-16-11-9(12(14)15)6-7-4-2-3-5-8(7)10(11)13/h2-6H,1H3. The van der Waals surface area contributed by atoms with Crippen LogP contribution >= 0.6 is 27.5 Å². The van der Waals surface area contributed by atoms with E-state index in [-0.39, 0.29) is 0 Å². The van der Waals surface area contributed by atoms with E-state index in [9.17, 15) is 4.79 Å². The third-order valence-electron chi connectivity index (χ3n) is 2.36. The van der Waals surface area contributed by atoms with Gasteiger partial charge >= 0.3 is 0 Å². The van der Waals surface area contributed by atoms with Gasteiger partial charge in [-0.15, -0.1) is 0 Å². The van der Waals surface area contributed by atoms with Crippen molar-refractivity contribution in [2.24, 2.45) is 0 Å². The Morgan fingerprint density at radius 3 is 2.69 bits per heavy atom. The van der Waals surface area contributed by atoms with Gasteiger partial charge in [0, 0.05) is 0 Å². The normalized spacial score (nSPS) is 10.4. The number of fused-ring (bicyclic) bond motifs is 1. The maximum Gasteiger partial charge on any atom is 0.256 e. The average molecular weight is 300 g/mol. The minimum absolute atomic E-state index is 0.370. The van der Waals surface area contributed by atoms with Crippen molar-refractivity contribution in [3.8, 4) is 5.75 Å². The number of carbonyl (C=O) groups is 1. The minimum Gasteiger partial charge on any atom is -0.495 e. The second kappa shape index (κ2) is 4.44. The molecule has 2 nitrogen and oxygen atoms in total. The van der Waals surface area contributed by atoms with Gasteiger partial charge in [0.2, 0.25) is 0 Å². The number of hydrogen-bond donors (Lipinski definition) is 0. The van der Waals surface area contributed by atoms with Gasteiger partial charge in [0.15, 0.2) is 0 Å². The van der Waals surface area contributed by atoms with E-state index in [4.69, 9.17) is 16.3 Å². The molecule has 16 heavy (non-hydrogen) atoms. The lowest BCUT2D eigenvalue weighted by molar-refractivity contribution is 0.107. The summed E-state index contributed by atoms with van der Waals surface area (Å²) >= 11 is 8.95. The molecule has 0 atom stereocenters. The van der Waals surface area contributed by atoms with Gasteiger partial charge in [-0.05, 0) is 44.4 Å². The third-order valence-corrected chi connectivity index (χ3v) is 3.35. The summed E-state index contributed by atoms with van der Waals surface area (Å²) in [5, 5.41) is 1.41. The number of halogens is 2. The highest BCUT2D eigenvalue weighted by atomic mass is 79.9. The molecule has 0 saturated heterocycles. The van der Waals surface area contributed by atoms with E-state index in [1.54, 1.807) is 6.07 Å². The lowest BCUT2D eigenvalue weighted by Gasteiger charge is -2.10. The maximum absolute atomic E-state index is 11.3. The van der Waals surface area contributed by atoms with E-state index < -0.39 is 5.24 Å². The number of methoxy groups -OCH3 is 1. The molecule has 0 radical (unpaired) electrons. The lowest BCUT2D eigenvalue weighted by Crippen LogP contribution is -1.97. The number of rotatable bonds is 2. The number of ether oxygens (including phenoxy) is 1. The van der Waals surface area contributed by atoms with Gasteiger partial charge in [-0.25, -0.2) is 0 Å². The molecule has 0 aliphatic carbocycles. The summed E-state index contributed by atoms with van der Waals surface area (Å²) in [5.41, 5.74) is 0.370. The second-order valence-electron chi connectivity index (χ2n) is 3.27. The van der Waals surface area contributed by atoms with Crippen LogP contribution in [0.1, 0.15) is 10.4 Å². The molecule has 0 aromatic heterocycles. The van der Waals surface area contributed by atoms with Crippen LogP contribution < -0.4 is 4.74 Å². The molecule has 0 saturated carbocycles. The molecule has 0 aliphatic rings. The minimum atomic E-state index is -0.525. The molecular formula is C12H8BrClO2. The van der Waals surface area contributed by atoms with Gasteiger partial charge in [0.05, 0.1) is 17.1 Å². The molecule has 2 aromatic carbocycles. The van der Waals surface area contributed by atoms with Crippen LogP contribution in [0.25, 0.3) is 10.8 Å². The summed E-state index contributed by atoms with van der Waals surface area (Å²) < 4.78 is 5.94. The Bertz CT molecular complexity index is 566. The SMILES string of the molecule is COc1c(C(=O)Cl)cc2ccccc2c1Br. The van der Waals surface area contributed by atoms with Crippen molar-refractivity contribution in [1.82, 2.24) is 0 Å². The van der Waals surface area contributed by atoms with Crippen molar-refractivity contribution >= 4 is 43.5 Å². The highest BCUT2D eigenvalue weighted by Crippen LogP contribution is 2.37. The molecule has 0 bridgehead atoms. The molecule has 0 fully saturated rings. The largest absolute Gasteiger partial charge is 0.495 e. The van der Waals surface area contributed by atoms with E-state index in [1.165, 1.54) is 7.11 Å². The van der Waals surface area contributed by atoms with Gasteiger partial charge in [-0.3, -0.25) is 4.79 Å². The summed E-state index contributed by atoms with van der Waals surface area (Å²) in [7, 11) is 1.51. The van der Waals surface area contributed by atoms with Crippen molar-refractivity contribution in [2.75, 3.05) is 7.11 Å². The number of hydrogen-bond acceptors (Lipinski definition) is 2. The fourth-order valence-corrected chi connectivity index (χ4v) is 2.51. The molecule has 0 N–H and O–H groups in total. The molecule has 2 aromatic rings. The predicted molar refractivity (Wildman–Crippen MR) is 68.4 cm³/mol. The quantitative estimate of drug-likeness (QED) is 0.784. The number of benzene rings is 2. The van der Waals surface area contributed by atoms with Crippen LogP contribution in [0.5, 0.6) is 5.75 Å². The molecule has 82 valence electrons. The molecule has 0 spiro atoms. The molecule has 4 heteroatoms. The first-order chi connectivity index (χ1) is 7.65. The zero-order chi connectivity index (χ0) is 11.7. The Morgan fingerprint density at radius 2 is 2.06 bits per heavy atom. The summed E-state index contributed by atoms with van der Waals surface area (Å²) in [5.74, 6) is 0.471. The second-order valence-corrected chi connectivity index (χ2v) is 4.40. The maximum atomic E-state index is 11.3. The van der Waals surface area contributed by atoms with Crippen molar-refractivity contribution in [3.63, 3.8) is 0 Å². The van der Waals surface area contributed by atoms with E-state index in [1.807, 2.05) is 24.3 Å². The van der Waals surface area contributed by atoms with Crippen LogP contribution in [0.15, 0.2) is 34.8 Å². The summed E-state index contributed by atoms with van der Waals surface area (Å²) in [6.07, 6.45) is 0. The summed E-state index contributed by atoms with van der Waals surface area (Å²) in [6.45, 7) is 0. The summed E-state index contributed by atoms with van der Waals surface area (Å²) in [6, 6.07) is 9.43. The monoisotopic (exact) mass is 298 g/mol. The summed E-state index contributed by atoms with van der Waals surface area (Å²) in [4.78, 5) is 11.3. The van der Waals surface area contributed by atoms with Crippen LogP contribution in [-0.4, -0.2) is 12.4 Å². The highest BCUT2D eigenvalue weighted by molar-refractivity contribution is 9.10. The van der Waals surface area contributed by atoms with Gasteiger partial charge in [0.25, 0.3) is 5.24 Å². The number of carbonyl (C=O) groups excluding carboxylic acids is 1. The zero-order valence-corrected chi connectivity index (χ0v) is 10.8. The van der Waals surface area contributed by atoms with E-state index in [0.717, 1.165) is 15.2 Å². The Kier molecular flexibility index (Phi) is 3.17. The van der Waals surface area contributed by atoms with Crippen LogP contribution in [0.3, 0.4) is 0 Å². The molecule has 0 heterocycles. The Morgan fingerprint density at radius 1 is 1.38 bits per heavy atom. The van der Waals surface area contributed by atoms with Crippen molar-refractivity contribution in [1.29, 1.82) is 0 Å². The van der Waals surface area contributed by atoms with Crippen LogP contribution in [0.4, 0.5) is 0 Å². The van der Waals surface area contributed by atoms with Gasteiger partial charge in [-0.2, -0.15) is 0 Å². The molecule has 0 aliphatic heterocycles. The fourth-order valence-electron chi connectivity index (χ4n) is 1.63. The lowest BCUT2D eigenvalue weighted by atomic mass is 10.1. The zero-order valence-electron chi connectivity index (χ0n) is 8.46. The molecular weight excluding hydrogens is 291 g/mol.